The number of nitrogens with one attached hydrogen (secondary N) is 1. The number of hydrogen-bond acceptors (Lipinski definition) is 2. The molecule has 21 heavy (non-hydrogen) atoms. The van der Waals surface area contributed by atoms with E-state index in [9.17, 15) is 4.39 Å². The van der Waals surface area contributed by atoms with Crippen molar-refractivity contribution in [3.8, 4) is 17.1 Å². The third kappa shape index (κ3) is 2.52. The number of H-pyrrole nitrogens is 1. The lowest BCUT2D eigenvalue weighted by Crippen LogP contribution is -1.99. The zero-order valence-electron chi connectivity index (χ0n) is 11.7. The molecule has 0 aliphatic heterocycles. The largest absolute Gasteiger partial charge is 0.268 e. The van der Waals surface area contributed by atoms with Crippen LogP contribution in [0.4, 0.5) is 4.39 Å². The molecule has 0 atom stereocenters. The molecule has 3 rings (SSSR count). The third-order valence-corrected chi connectivity index (χ3v) is 3.80. The van der Waals surface area contributed by atoms with Gasteiger partial charge in [-0.1, -0.05) is 6.07 Å². The SMILES string of the molecule is Cc1ccc(-n2c(-c3ccc(F)cc3)n[nH]c2=S)cc1C. The van der Waals surface area contributed by atoms with E-state index in [0.717, 1.165) is 11.3 Å². The standard InChI is InChI=1S/C16H14FN3S/c1-10-3-8-14(9-11(10)2)20-15(18-19-16(20)21)12-4-6-13(17)7-5-12/h3-9H,1-2H3,(H,19,21). The molecule has 5 heteroatoms. The van der Waals surface area contributed by atoms with Crippen LogP contribution in [0, 0.1) is 24.4 Å². The van der Waals surface area contributed by atoms with Gasteiger partial charge in [-0.3, -0.25) is 9.67 Å². The molecule has 3 nitrogen and oxygen atoms in total. The molecule has 1 N–H and O–H groups in total. The lowest BCUT2D eigenvalue weighted by molar-refractivity contribution is 0.628. The number of aryl methyl sites for hydroxylation is 2. The van der Waals surface area contributed by atoms with E-state index < -0.39 is 0 Å². The molecule has 0 radical (unpaired) electrons. The Morgan fingerprint density at radius 2 is 1.76 bits per heavy atom. The Kier molecular flexibility index (Phi) is 3.43. The van der Waals surface area contributed by atoms with Crippen molar-refractivity contribution in [2.24, 2.45) is 0 Å². The summed E-state index contributed by atoms with van der Waals surface area (Å²) < 4.78 is 15.4. The first kappa shape index (κ1) is 13.7. The minimum atomic E-state index is -0.273. The molecule has 0 saturated carbocycles. The quantitative estimate of drug-likeness (QED) is 0.714. The Labute approximate surface area is 127 Å². The number of hydrogen-bond donors (Lipinski definition) is 1. The summed E-state index contributed by atoms with van der Waals surface area (Å²) in [6.45, 7) is 4.12. The van der Waals surface area contributed by atoms with E-state index in [1.54, 1.807) is 12.1 Å². The number of aromatic amines is 1. The van der Waals surface area contributed by atoms with E-state index in [1.165, 1.54) is 23.3 Å². The Balaban J connectivity index is 2.19. The fourth-order valence-corrected chi connectivity index (χ4v) is 2.43. The van der Waals surface area contributed by atoms with Gasteiger partial charge in [0.05, 0.1) is 5.69 Å². The van der Waals surface area contributed by atoms with Crippen LogP contribution in [0.25, 0.3) is 17.1 Å². The van der Waals surface area contributed by atoms with Gasteiger partial charge < -0.3 is 0 Å². The number of benzene rings is 2. The van der Waals surface area contributed by atoms with Gasteiger partial charge in [0.25, 0.3) is 0 Å². The Morgan fingerprint density at radius 1 is 1.05 bits per heavy atom. The van der Waals surface area contributed by atoms with Crippen LogP contribution in [0.2, 0.25) is 0 Å². The molecule has 0 aliphatic rings. The molecule has 1 aromatic heterocycles. The number of nitrogens with zero attached hydrogens (tertiary/aromatic N) is 2. The average Bonchev–Trinajstić information content (AvgIpc) is 2.85. The molecule has 0 fully saturated rings. The predicted octanol–water partition coefficient (Wildman–Crippen LogP) is 4.35. The number of rotatable bonds is 2. The van der Waals surface area contributed by atoms with Crippen molar-refractivity contribution in [1.29, 1.82) is 0 Å². The summed E-state index contributed by atoms with van der Waals surface area (Å²) in [6, 6.07) is 12.3. The van der Waals surface area contributed by atoms with E-state index in [0.29, 0.717) is 10.6 Å². The summed E-state index contributed by atoms with van der Waals surface area (Å²) in [5.41, 5.74) is 4.15. The zero-order chi connectivity index (χ0) is 15.0. The topological polar surface area (TPSA) is 33.6 Å². The summed E-state index contributed by atoms with van der Waals surface area (Å²) in [5.74, 6) is 0.397. The van der Waals surface area contributed by atoms with Crippen LogP contribution in [0.3, 0.4) is 0 Å². The highest BCUT2D eigenvalue weighted by molar-refractivity contribution is 7.71. The van der Waals surface area contributed by atoms with Gasteiger partial charge >= 0.3 is 0 Å². The molecule has 0 unspecified atom stereocenters. The van der Waals surface area contributed by atoms with Crippen LogP contribution in [-0.4, -0.2) is 14.8 Å². The Hall–Kier alpha value is -2.27. The lowest BCUT2D eigenvalue weighted by Gasteiger charge is -2.09. The molecule has 0 amide bonds. The molecule has 106 valence electrons. The summed E-state index contributed by atoms with van der Waals surface area (Å²) in [4.78, 5) is 0. The molecular formula is C16H14FN3S. The summed E-state index contributed by atoms with van der Waals surface area (Å²) >= 11 is 5.33. The summed E-state index contributed by atoms with van der Waals surface area (Å²) in [7, 11) is 0. The second kappa shape index (κ2) is 5.26. The summed E-state index contributed by atoms with van der Waals surface area (Å²) in [6.07, 6.45) is 0. The third-order valence-electron chi connectivity index (χ3n) is 3.52. The van der Waals surface area contributed by atoms with Crippen LogP contribution >= 0.6 is 12.2 Å². The average molecular weight is 299 g/mol. The molecule has 0 saturated heterocycles. The van der Waals surface area contributed by atoms with E-state index in [2.05, 4.69) is 30.1 Å². The number of halogens is 1. The van der Waals surface area contributed by atoms with Crippen molar-refractivity contribution in [1.82, 2.24) is 14.8 Å². The molecule has 3 aromatic rings. The fourth-order valence-electron chi connectivity index (χ4n) is 2.19. The van der Waals surface area contributed by atoms with Crippen molar-refractivity contribution in [2.45, 2.75) is 13.8 Å². The maximum Gasteiger partial charge on any atom is 0.200 e. The van der Waals surface area contributed by atoms with Crippen LogP contribution in [0.15, 0.2) is 42.5 Å². The predicted molar refractivity (Wildman–Crippen MR) is 83.6 cm³/mol. The molecule has 0 aliphatic carbocycles. The lowest BCUT2D eigenvalue weighted by atomic mass is 10.1. The molecule has 0 spiro atoms. The van der Waals surface area contributed by atoms with Crippen molar-refractivity contribution in [2.75, 3.05) is 0 Å². The van der Waals surface area contributed by atoms with Gasteiger partial charge in [-0.25, -0.2) is 4.39 Å². The van der Waals surface area contributed by atoms with Crippen LogP contribution in [0.5, 0.6) is 0 Å². The molecule has 1 heterocycles. The minimum Gasteiger partial charge on any atom is -0.268 e. The van der Waals surface area contributed by atoms with Gasteiger partial charge in [0.1, 0.15) is 5.82 Å². The van der Waals surface area contributed by atoms with Crippen molar-refractivity contribution in [3.63, 3.8) is 0 Å². The minimum absolute atomic E-state index is 0.273. The van der Waals surface area contributed by atoms with E-state index >= 15 is 0 Å². The van der Waals surface area contributed by atoms with E-state index in [1.807, 2.05) is 16.7 Å². The summed E-state index contributed by atoms with van der Waals surface area (Å²) in [5, 5.41) is 7.07. The maximum atomic E-state index is 13.1. The highest BCUT2D eigenvalue weighted by Crippen LogP contribution is 2.23. The monoisotopic (exact) mass is 299 g/mol. The van der Waals surface area contributed by atoms with Gasteiger partial charge in [0, 0.05) is 5.56 Å². The fraction of sp³-hybridized carbons (Fsp3) is 0.125. The highest BCUT2D eigenvalue weighted by Gasteiger charge is 2.11. The molecular weight excluding hydrogens is 285 g/mol. The van der Waals surface area contributed by atoms with Crippen molar-refractivity contribution in [3.05, 3.63) is 64.2 Å². The van der Waals surface area contributed by atoms with Gasteiger partial charge in [-0.05, 0) is 73.6 Å². The van der Waals surface area contributed by atoms with Gasteiger partial charge in [0.2, 0.25) is 0 Å². The van der Waals surface area contributed by atoms with Crippen molar-refractivity contribution < 1.29 is 4.39 Å². The first-order valence-electron chi connectivity index (χ1n) is 6.57. The van der Waals surface area contributed by atoms with E-state index in [-0.39, 0.29) is 5.82 Å². The zero-order valence-corrected chi connectivity index (χ0v) is 12.5. The molecule has 2 aromatic carbocycles. The Morgan fingerprint density at radius 3 is 2.43 bits per heavy atom. The van der Waals surface area contributed by atoms with Crippen LogP contribution < -0.4 is 0 Å². The number of aromatic nitrogens is 3. The second-order valence-electron chi connectivity index (χ2n) is 4.96. The van der Waals surface area contributed by atoms with E-state index in [4.69, 9.17) is 12.2 Å². The van der Waals surface area contributed by atoms with Crippen molar-refractivity contribution >= 4 is 12.2 Å². The normalized spacial score (nSPS) is 10.8. The maximum absolute atomic E-state index is 13.1. The first-order valence-corrected chi connectivity index (χ1v) is 6.98. The Bertz CT molecular complexity index is 847. The second-order valence-corrected chi connectivity index (χ2v) is 5.35. The van der Waals surface area contributed by atoms with Crippen LogP contribution in [0.1, 0.15) is 11.1 Å². The van der Waals surface area contributed by atoms with Gasteiger partial charge in [-0.15, -0.1) is 0 Å². The van der Waals surface area contributed by atoms with Crippen LogP contribution in [-0.2, 0) is 0 Å². The highest BCUT2D eigenvalue weighted by atomic mass is 32.1. The van der Waals surface area contributed by atoms with Gasteiger partial charge in [0.15, 0.2) is 10.6 Å². The molecule has 0 bridgehead atoms. The van der Waals surface area contributed by atoms with Gasteiger partial charge in [-0.2, -0.15) is 5.10 Å². The smallest absolute Gasteiger partial charge is 0.200 e. The first-order chi connectivity index (χ1) is 10.1.